The number of amides is 1. The van der Waals surface area contributed by atoms with E-state index in [0.717, 1.165) is 12.1 Å². The average Bonchev–Trinajstić information content (AvgIpc) is 2.23. The van der Waals surface area contributed by atoms with Crippen molar-refractivity contribution in [2.75, 3.05) is 18.9 Å². The average molecular weight is 307 g/mol. The zero-order chi connectivity index (χ0) is 13.0. The van der Waals surface area contributed by atoms with E-state index in [0.29, 0.717) is 6.54 Å². The van der Waals surface area contributed by atoms with E-state index < -0.39 is 11.6 Å². The van der Waals surface area contributed by atoms with Crippen LogP contribution in [0, 0.1) is 17.6 Å². The molecule has 0 fully saturated rings. The molecule has 1 aromatic rings. The molecule has 0 heterocycles. The normalized spacial score (nSPS) is 12.3. The maximum Gasteiger partial charge on any atom is 0.228 e. The summed E-state index contributed by atoms with van der Waals surface area (Å²) < 4.78 is 26.4. The van der Waals surface area contributed by atoms with Crippen molar-refractivity contribution in [1.82, 2.24) is 5.32 Å². The van der Waals surface area contributed by atoms with Gasteiger partial charge in [0.2, 0.25) is 5.91 Å². The fourth-order valence-electron chi connectivity index (χ4n) is 1.31. The Labute approximate surface area is 107 Å². The monoisotopic (exact) mass is 306 g/mol. The van der Waals surface area contributed by atoms with Gasteiger partial charge in [0.05, 0.1) is 5.69 Å². The van der Waals surface area contributed by atoms with Gasteiger partial charge in [-0.05, 0) is 29.0 Å². The fraction of sp³-hybridized carbons (Fsp3) is 0.364. The minimum atomic E-state index is -0.804. The molecule has 0 saturated carbocycles. The predicted molar refractivity (Wildman–Crippen MR) is 65.8 cm³/mol. The van der Waals surface area contributed by atoms with Gasteiger partial charge in [-0.3, -0.25) is 4.79 Å². The lowest BCUT2D eigenvalue weighted by molar-refractivity contribution is -0.119. The zero-order valence-corrected chi connectivity index (χ0v) is 11.1. The van der Waals surface area contributed by atoms with Gasteiger partial charge in [-0.1, -0.05) is 6.92 Å². The van der Waals surface area contributed by atoms with Crippen molar-refractivity contribution in [3.63, 3.8) is 0 Å². The van der Waals surface area contributed by atoms with E-state index in [1.165, 1.54) is 0 Å². The molecule has 1 amide bonds. The van der Waals surface area contributed by atoms with Crippen LogP contribution in [0.3, 0.4) is 0 Å². The van der Waals surface area contributed by atoms with E-state index in [2.05, 4.69) is 26.6 Å². The molecule has 0 radical (unpaired) electrons. The summed E-state index contributed by atoms with van der Waals surface area (Å²) in [6.45, 7) is 2.19. The van der Waals surface area contributed by atoms with Gasteiger partial charge in [0, 0.05) is 23.0 Å². The summed E-state index contributed by atoms with van der Waals surface area (Å²) in [7, 11) is 1.72. The third-order valence-electron chi connectivity index (χ3n) is 2.21. The first-order valence-corrected chi connectivity index (χ1v) is 5.85. The predicted octanol–water partition coefficient (Wildman–Crippen LogP) is 2.52. The van der Waals surface area contributed by atoms with E-state index in [-0.39, 0.29) is 22.0 Å². The minimum absolute atomic E-state index is 0.0423. The third kappa shape index (κ3) is 3.74. The van der Waals surface area contributed by atoms with Gasteiger partial charge in [-0.25, -0.2) is 8.78 Å². The van der Waals surface area contributed by atoms with Gasteiger partial charge in [0.1, 0.15) is 5.82 Å². The molecule has 1 aromatic carbocycles. The molecule has 6 heteroatoms. The maximum atomic E-state index is 13.4. The van der Waals surface area contributed by atoms with Crippen molar-refractivity contribution >= 4 is 27.5 Å². The molecular formula is C11H13BrF2N2O. The lowest BCUT2D eigenvalue weighted by atomic mass is 10.1. The van der Waals surface area contributed by atoms with Gasteiger partial charge in [-0.2, -0.15) is 0 Å². The molecule has 0 aliphatic rings. The highest BCUT2D eigenvalue weighted by Gasteiger charge is 2.16. The van der Waals surface area contributed by atoms with Crippen LogP contribution in [-0.2, 0) is 4.79 Å². The maximum absolute atomic E-state index is 13.4. The lowest BCUT2D eigenvalue weighted by Crippen LogP contribution is -2.29. The first kappa shape index (κ1) is 14.1. The molecule has 1 unspecified atom stereocenters. The first-order chi connectivity index (χ1) is 7.95. The van der Waals surface area contributed by atoms with Crippen LogP contribution in [0.15, 0.2) is 16.6 Å². The van der Waals surface area contributed by atoms with Crippen LogP contribution in [-0.4, -0.2) is 19.5 Å². The second-order valence-corrected chi connectivity index (χ2v) is 4.55. The van der Waals surface area contributed by atoms with Crippen LogP contribution in [0.4, 0.5) is 14.5 Å². The number of halogens is 3. The van der Waals surface area contributed by atoms with Crippen molar-refractivity contribution in [1.29, 1.82) is 0 Å². The molecule has 0 saturated heterocycles. The van der Waals surface area contributed by atoms with Crippen molar-refractivity contribution in [2.45, 2.75) is 6.92 Å². The Morgan fingerprint density at radius 3 is 2.65 bits per heavy atom. The highest BCUT2D eigenvalue weighted by molar-refractivity contribution is 9.10. The Hall–Kier alpha value is -1.01. The van der Waals surface area contributed by atoms with Crippen LogP contribution in [0.5, 0.6) is 0 Å². The van der Waals surface area contributed by atoms with Gasteiger partial charge < -0.3 is 10.6 Å². The largest absolute Gasteiger partial charge is 0.322 e. The quantitative estimate of drug-likeness (QED) is 0.897. The van der Waals surface area contributed by atoms with Crippen LogP contribution in [0.1, 0.15) is 6.92 Å². The van der Waals surface area contributed by atoms with Crippen molar-refractivity contribution < 1.29 is 13.6 Å². The highest BCUT2D eigenvalue weighted by Crippen LogP contribution is 2.27. The second-order valence-electron chi connectivity index (χ2n) is 3.69. The number of hydrogen-bond donors (Lipinski definition) is 2. The molecule has 0 aliphatic carbocycles. The Bertz CT molecular complexity index is 403. The van der Waals surface area contributed by atoms with E-state index in [4.69, 9.17) is 0 Å². The van der Waals surface area contributed by atoms with E-state index in [1.54, 1.807) is 14.0 Å². The Morgan fingerprint density at radius 2 is 2.12 bits per heavy atom. The summed E-state index contributed by atoms with van der Waals surface area (Å²) >= 11 is 3.00. The summed E-state index contributed by atoms with van der Waals surface area (Å²) in [5.41, 5.74) is -0.0423. The van der Waals surface area contributed by atoms with Gasteiger partial charge in [0.25, 0.3) is 0 Å². The minimum Gasteiger partial charge on any atom is -0.322 e. The number of carbonyl (C=O) groups excluding carboxylic acids is 1. The van der Waals surface area contributed by atoms with Crippen LogP contribution >= 0.6 is 15.9 Å². The molecule has 1 atom stereocenters. The molecule has 94 valence electrons. The number of benzene rings is 1. The molecule has 17 heavy (non-hydrogen) atoms. The van der Waals surface area contributed by atoms with Crippen LogP contribution in [0.25, 0.3) is 0 Å². The number of rotatable bonds is 4. The van der Waals surface area contributed by atoms with Crippen LogP contribution in [0.2, 0.25) is 0 Å². The summed E-state index contributed by atoms with van der Waals surface area (Å²) in [4.78, 5) is 11.7. The number of nitrogens with one attached hydrogen (secondary N) is 2. The van der Waals surface area contributed by atoms with Gasteiger partial charge in [-0.15, -0.1) is 0 Å². The van der Waals surface area contributed by atoms with Crippen molar-refractivity contribution in [3.05, 3.63) is 28.2 Å². The molecule has 0 aliphatic heterocycles. The summed E-state index contributed by atoms with van der Waals surface area (Å²) in [5.74, 6) is -2.14. The smallest absolute Gasteiger partial charge is 0.228 e. The first-order valence-electron chi connectivity index (χ1n) is 5.05. The topological polar surface area (TPSA) is 41.1 Å². The Morgan fingerprint density at radius 1 is 1.47 bits per heavy atom. The van der Waals surface area contributed by atoms with Crippen LogP contribution < -0.4 is 10.6 Å². The number of carbonyl (C=O) groups is 1. The molecule has 0 bridgehead atoms. The van der Waals surface area contributed by atoms with Gasteiger partial charge >= 0.3 is 0 Å². The molecule has 0 aromatic heterocycles. The molecule has 2 N–H and O–H groups in total. The van der Waals surface area contributed by atoms with E-state index in [1.807, 2.05) is 0 Å². The highest BCUT2D eigenvalue weighted by atomic mass is 79.9. The van der Waals surface area contributed by atoms with E-state index >= 15 is 0 Å². The molecular weight excluding hydrogens is 294 g/mol. The summed E-state index contributed by atoms with van der Waals surface area (Å²) in [6.07, 6.45) is 0. The molecule has 1 rings (SSSR count). The molecule has 3 nitrogen and oxygen atoms in total. The standard InChI is InChI=1S/C11H13BrF2N2O/c1-6(5-15-2)11(17)16-10-8(12)3-7(13)4-9(10)14/h3-4,6,15H,5H2,1-2H3,(H,16,17). The SMILES string of the molecule is CNCC(C)C(=O)Nc1c(F)cc(F)cc1Br. The fourth-order valence-corrected chi connectivity index (χ4v) is 1.81. The third-order valence-corrected chi connectivity index (χ3v) is 2.84. The Kier molecular flexibility index (Phi) is 5.02. The molecule has 0 spiro atoms. The van der Waals surface area contributed by atoms with Crippen molar-refractivity contribution in [3.8, 4) is 0 Å². The van der Waals surface area contributed by atoms with E-state index in [9.17, 15) is 13.6 Å². The number of hydrogen-bond acceptors (Lipinski definition) is 2. The second kappa shape index (κ2) is 6.07. The number of anilines is 1. The van der Waals surface area contributed by atoms with Gasteiger partial charge in [0.15, 0.2) is 5.82 Å². The Balaban J connectivity index is 2.85. The zero-order valence-electron chi connectivity index (χ0n) is 9.48. The summed E-state index contributed by atoms with van der Waals surface area (Å²) in [6, 6.07) is 1.82. The summed E-state index contributed by atoms with van der Waals surface area (Å²) in [5, 5.41) is 5.27. The lowest BCUT2D eigenvalue weighted by Gasteiger charge is -2.13. The van der Waals surface area contributed by atoms with Crippen molar-refractivity contribution in [2.24, 2.45) is 5.92 Å².